The fourth-order valence-electron chi connectivity index (χ4n) is 0.367. The molecule has 0 unspecified atom stereocenters. The molecule has 52 valence electrons. The summed E-state index contributed by atoms with van der Waals surface area (Å²) in [7, 11) is 0. The summed E-state index contributed by atoms with van der Waals surface area (Å²) in [5, 5.41) is 16.9. The molecule has 0 aliphatic rings. The standard InChI is InChI=1S/C6H10O3/c1-4(2)6(9)5(8)3-7/h5,7-8H,1,3H2,2H3/t5-/m1/s1. The topological polar surface area (TPSA) is 57.5 Å². The van der Waals surface area contributed by atoms with E-state index in [9.17, 15) is 4.79 Å². The molecular weight excluding hydrogens is 120 g/mol. The van der Waals surface area contributed by atoms with Crippen molar-refractivity contribution in [3.63, 3.8) is 0 Å². The zero-order valence-electron chi connectivity index (χ0n) is 5.29. The Morgan fingerprint density at radius 3 is 2.33 bits per heavy atom. The van der Waals surface area contributed by atoms with E-state index in [0.29, 0.717) is 0 Å². The molecule has 0 heterocycles. The minimum atomic E-state index is -1.29. The molecule has 0 amide bonds. The van der Waals surface area contributed by atoms with E-state index in [-0.39, 0.29) is 5.57 Å². The van der Waals surface area contributed by atoms with E-state index in [2.05, 4.69) is 6.58 Å². The predicted octanol–water partition coefficient (Wildman–Crippen LogP) is -0.515. The Morgan fingerprint density at radius 1 is 1.78 bits per heavy atom. The third-order valence-corrected chi connectivity index (χ3v) is 0.896. The van der Waals surface area contributed by atoms with Gasteiger partial charge in [0, 0.05) is 0 Å². The first-order valence-electron chi connectivity index (χ1n) is 2.58. The third-order valence-electron chi connectivity index (χ3n) is 0.896. The number of Topliss-reactive ketones (excluding diaryl/α,β-unsaturated/α-hetero) is 1. The summed E-state index contributed by atoms with van der Waals surface area (Å²) in [6.07, 6.45) is -1.29. The molecule has 0 spiro atoms. The van der Waals surface area contributed by atoms with Crippen molar-refractivity contribution in [2.24, 2.45) is 0 Å². The maximum atomic E-state index is 10.6. The monoisotopic (exact) mass is 130 g/mol. The highest BCUT2D eigenvalue weighted by molar-refractivity contribution is 5.97. The molecule has 3 nitrogen and oxygen atoms in total. The molecule has 0 saturated heterocycles. The van der Waals surface area contributed by atoms with Gasteiger partial charge < -0.3 is 10.2 Å². The predicted molar refractivity (Wildman–Crippen MR) is 32.9 cm³/mol. The zero-order valence-corrected chi connectivity index (χ0v) is 5.29. The molecule has 0 fully saturated rings. The van der Waals surface area contributed by atoms with Gasteiger partial charge in [0.15, 0.2) is 5.78 Å². The van der Waals surface area contributed by atoms with Crippen LogP contribution < -0.4 is 0 Å². The molecule has 1 atom stereocenters. The summed E-state index contributed by atoms with van der Waals surface area (Å²) in [5.41, 5.74) is 0.261. The molecule has 0 rings (SSSR count). The van der Waals surface area contributed by atoms with Crippen LogP contribution in [0.3, 0.4) is 0 Å². The van der Waals surface area contributed by atoms with Crippen LogP contribution in [-0.4, -0.2) is 28.7 Å². The molecule has 0 aromatic rings. The zero-order chi connectivity index (χ0) is 7.44. The first-order chi connectivity index (χ1) is 4.09. The molecule has 0 aliphatic heterocycles. The second-order valence-corrected chi connectivity index (χ2v) is 1.84. The van der Waals surface area contributed by atoms with Crippen molar-refractivity contribution in [2.75, 3.05) is 6.61 Å². The van der Waals surface area contributed by atoms with Gasteiger partial charge in [-0.25, -0.2) is 0 Å². The summed E-state index contributed by atoms with van der Waals surface area (Å²) < 4.78 is 0. The van der Waals surface area contributed by atoms with Crippen molar-refractivity contribution in [3.05, 3.63) is 12.2 Å². The van der Waals surface area contributed by atoms with Crippen LogP contribution in [0.1, 0.15) is 6.92 Å². The normalized spacial score (nSPS) is 12.8. The molecule has 0 saturated carbocycles. The van der Waals surface area contributed by atoms with Crippen LogP contribution in [0.25, 0.3) is 0 Å². The highest BCUT2D eigenvalue weighted by atomic mass is 16.3. The van der Waals surface area contributed by atoms with Crippen LogP contribution in [0.5, 0.6) is 0 Å². The lowest BCUT2D eigenvalue weighted by molar-refractivity contribution is -0.124. The summed E-state index contributed by atoms with van der Waals surface area (Å²) >= 11 is 0. The van der Waals surface area contributed by atoms with Crippen LogP contribution in [0, 0.1) is 0 Å². The van der Waals surface area contributed by atoms with Crippen LogP contribution in [0.15, 0.2) is 12.2 Å². The second kappa shape index (κ2) is 3.37. The Kier molecular flexibility index (Phi) is 3.12. The molecule has 2 N–H and O–H groups in total. The molecule has 0 radical (unpaired) electrons. The fourth-order valence-corrected chi connectivity index (χ4v) is 0.367. The Hall–Kier alpha value is -0.670. The van der Waals surface area contributed by atoms with Gasteiger partial charge in [0.25, 0.3) is 0 Å². The fraction of sp³-hybridized carbons (Fsp3) is 0.500. The van der Waals surface area contributed by atoms with Gasteiger partial charge in [-0.2, -0.15) is 0 Å². The first-order valence-corrected chi connectivity index (χ1v) is 2.58. The Labute approximate surface area is 53.6 Å². The number of ketones is 1. The summed E-state index contributed by atoms with van der Waals surface area (Å²) in [5.74, 6) is -0.502. The molecule has 0 aromatic heterocycles. The number of aliphatic hydroxyl groups is 2. The highest BCUT2D eigenvalue weighted by Gasteiger charge is 2.12. The van der Waals surface area contributed by atoms with Gasteiger partial charge in [-0.1, -0.05) is 6.58 Å². The van der Waals surface area contributed by atoms with Crippen molar-refractivity contribution < 1.29 is 15.0 Å². The van der Waals surface area contributed by atoms with Crippen LogP contribution >= 0.6 is 0 Å². The number of hydrogen-bond donors (Lipinski definition) is 2. The highest BCUT2D eigenvalue weighted by Crippen LogP contribution is 1.94. The average molecular weight is 130 g/mol. The minimum Gasteiger partial charge on any atom is -0.393 e. The average Bonchev–Trinajstić information content (AvgIpc) is 1.84. The van der Waals surface area contributed by atoms with Gasteiger partial charge in [0.2, 0.25) is 0 Å². The largest absolute Gasteiger partial charge is 0.393 e. The molecule has 0 aliphatic carbocycles. The molecule has 0 aromatic carbocycles. The van der Waals surface area contributed by atoms with Gasteiger partial charge >= 0.3 is 0 Å². The maximum Gasteiger partial charge on any atom is 0.188 e. The number of aliphatic hydroxyl groups excluding tert-OH is 2. The van der Waals surface area contributed by atoms with Crippen LogP contribution in [-0.2, 0) is 4.79 Å². The van der Waals surface area contributed by atoms with Crippen molar-refractivity contribution >= 4 is 5.78 Å². The first kappa shape index (κ1) is 8.33. The number of hydrogen-bond acceptors (Lipinski definition) is 3. The second-order valence-electron chi connectivity index (χ2n) is 1.84. The van der Waals surface area contributed by atoms with E-state index in [1.807, 2.05) is 0 Å². The van der Waals surface area contributed by atoms with E-state index in [1.54, 1.807) is 0 Å². The van der Waals surface area contributed by atoms with Gasteiger partial charge in [0.05, 0.1) is 6.61 Å². The van der Waals surface area contributed by atoms with Crippen LogP contribution in [0.4, 0.5) is 0 Å². The SMILES string of the molecule is C=C(C)C(=O)[C@H](O)CO. The summed E-state index contributed by atoms with van der Waals surface area (Å²) in [6, 6.07) is 0. The van der Waals surface area contributed by atoms with Crippen molar-refractivity contribution in [1.82, 2.24) is 0 Å². The molecular formula is C6H10O3. The van der Waals surface area contributed by atoms with E-state index < -0.39 is 18.5 Å². The smallest absolute Gasteiger partial charge is 0.188 e. The lowest BCUT2D eigenvalue weighted by atomic mass is 10.1. The maximum absolute atomic E-state index is 10.6. The lowest BCUT2D eigenvalue weighted by Gasteiger charge is -2.03. The van der Waals surface area contributed by atoms with Crippen molar-refractivity contribution in [1.29, 1.82) is 0 Å². The number of carbonyl (C=O) groups excluding carboxylic acids is 1. The quantitative estimate of drug-likeness (QED) is 0.505. The van der Waals surface area contributed by atoms with E-state index in [1.165, 1.54) is 6.92 Å². The van der Waals surface area contributed by atoms with Gasteiger partial charge in [-0.15, -0.1) is 0 Å². The Bertz CT molecular complexity index is 128. The van der Waals surface area contributed by atoms with Crippen LogP contribution in [0.2, 0.25) is 0 Å². The third kappa shape index (κ3) is 2.39. The van der Waals surface area contributed by atoms with Gasteiger partial charge in [-0.05, 0) is 12.5 Å². The van der Waals surface area contributed by atoms with Crippen molar-refractivity contribution in [2.45, 2.75) is 13.0 Å². The van der Waals surface area contributed by atoms with Gasteiger partial charge in [0.1, 0.15) is 6.10 Å². The van der Waals surface area contributed by atoms with E-state index in [0.717, 1.165) is 0 Å². The van der Waals surface area contributed by atoms with Gasteiger partial charge in [-0.3, -0.25) is 4.79 Å². The number of carbonyl (C=O) groups is 1. The molecule has 3 heteroatoms. The van der Waals surface area contributed by atoms with Crippen molar-refractivity contribution in [3.8, 4) is 0 Å². The van der Waals surface area contributed by atoms with E-state index >= 15 is 0 Å². The van der Waals surface area contributed by atoms with E-state index in [4.69, 9.17) is 10.2 Å². The molecule has 9 heavy (non-hydrogen) atoms. The molecule has 0 bridgehead atoms. The minimum absolute atomic E-state index is 0.261. The summed E-state index contributed by atoms with van der Waals surface area (Å²) in [6.45, 7) is 4.25. The number of rotatable bonds is 3. The Morgan fingerprint density at radius 2 is 2.22 bits per heavy atom. The Balaban J connectivity index is 3.88. The summed E-state index contributed by atoms with van der Waals surface area (Å²) in [4.78, 5) is 10.6. The lowest BCUT2D eigenvalue weighted by Crippen LogP contribution is -2.24.